The molecule has 2 heterocycles. The Hall–Kier alpha value is -3.73. The van der Waals surface area contributed by atoms with Crippen molar-refractivity contribution in [3.05, 3.63) is 114 Å². The number of nitrogens with one attached hydrogen (secondary N) is 1. The van der Waals surface area contributed by atoms with Crippen LogP contribution in [-0.4, -0.2) is 20.7 Å². The van der Waals surface area contributed by atoms with Gasteiger partial charge in [0.15, 0.2) is 0 Å². The summed E-state index contributed by atoms with van der Waals surface area (Å²) in [7, 11) is 0. The van der Waals surface area contributed by atoms with Gasteiger partial charge in [0.05, 0.1) is 34.9 Å². The highest BCUT2D eigenvalue weighted by Gasteiger charge is 2.21. The first-order valence-electron chi connectivity index (χ1n) is 9.11. The van der Waals surface area contributed by atoms with Crippen LogP contribution in [0.1, 0.15) is 33.4 Å². The van der Waals surface area contributed by atoms with Gasteiger partial charge in [-0.3, -0.25) is 9.78 Å². The maximum absolute atomic E-state index is 13.1. The average molecular weight is 368 g/mol. The van der Waals surface area contributed by atoms with Gasteiger partial charge in [-0.25, -0.2) is 4.68 Å². The van der Waals surface area contributed by atoms with Crippen molar-refractivity contribution >= 4 is 5.91 Å². The molecule has 2 aromatic heterocycles. The zero-order valence-corrected chi connectivity index (χ0v) is 15.5. The van der Waals surface area contributed by atoms with Gasteiger partial charge in [0.2, 0.25) is 0 Å². The number of amides is 1. The molecule has 4 rings (SSSR count). The maximum Gasteiger partial charge on any atom is 0.255 e. The van der Waals surface area contributed by atoms with Gasteiger partial charge in [-0.1, -0.05) is 54.6 Å². The van der Waals surface area contributed by atoms with Gasteiger partial charge in [0.25, 0.3) is 5.91 Å². The second kappa shape index (κ2) is 7.88. The third-order valence-electron chi connectivity index (χ3n) is 4.65. The molecular weight excluding hydrogens is 348 g/mol. The fourth-order valence-corrected chi connectivity index (χ4v) is 3.19. The smallest absolute Gasteiger partial charge is 0.255 e. The van der Waals surface area contributed by atoms with Crippen molar-refractivity contribution in [2.24, 2.45) is 0 Å². The molecule has 28 heavy (non-hydrogen) atoms. The largest absolute Gasteiger partial charge is 0.339 e. The molecular formula is C23H20N4O. The first-order valence-corrected chi connectivity index (χ1v) is 9.11. The van der Waals surface area contributed by atoms with Crippen LogP contribution in [0.5, 0.6) is 0 Å². The van der Waals surface area contributed by atoms with Gasteiger partial charge in [-0.05, 0) is 36.8 Å². The Morgan fingerprint density at radius 2 is 1.61 bits per heavy atom. The molecule has 0 saturated carbocycles. The summed E-state index contributed by atoms with van der Waals surface area (Å²) in [5, 5.41) is 7.52. The van der Waals surface area contributed by atoms with E-state index >= 15 is 0 Å². The van der Waals surface area contributed by atoms with Crippen molar-refractivity contribution in [1.82, 2.24) is 20.1 Å². The first kappa shape index (κ1) is 17.7. The summed E-state index contributed by atoms with van der Waals surface area (Å²) < 4.78 is 1.77. The van der Waals surface area contributed by atoms with Gasteiger partial charge in [-0.15, -0.1) is 0 Å². The third kappa shape index (κ3) is 3.55. The Kier molecular flexibility index (Phi) is 4.97. The van der Waals surface area contributed by atoms with E-state index in [0.717, 1.165) is 22.6 Å². The molecule has 1 N–H and O–H groups in total. The Labute approximate surface area is 163 Å². The van der Waals surface area contributed by atoms with Crippen LogP contribution in [0.4, 0.5) is 0 Å². The van der Waals surface area contributed by atoms with Crippen molar-refractivity contribution in [2.45, 2.75) is 13.0 Å². The number of nitrogens with zero attached hydrogens (tertiary/aromatic N) is 3. The second-order valence-corrected chi connectivity index (χ2v) is 6.46. The molecule has 1 atom stereocenters. The molecule has 1 amide bonds. The lowest BCUT2D eigenvalue weighted by Crippen LogP contribution is -2.30. The third-order valence-corrected chi connectivity index (χ3v) is 4.65. The molecule has 138 valence electrons. The zero-order chi connectivity index (χ0) is 19.3. The zero-order valence-electron chi connectivity index (χ0n) is 15.5. The fourth-order valence-electron chi connectivity index (χ4n) is 3.19. The molecule has 0 radical (unpaired) electrons. The van der Waals surface area contributed by atoms with Crippen LogP contribution in [0.3, 0.4) is 0 Å². The standard InChI is InChI=1S/C23H20N4O/c1-17-20(16-25-27(17)19-12-6-3-7-13-19)23(28)26-22(18-10-4-2-5-11-18)21-14-8-9-15-24-21/h2-16,22H,1H3,(H,26,28)/t22-/m0/s1. The predicted molar refractivity (Wildman–Crippen MR) is 108 cm³/mol. The second-order valence-electron chi connectivity index (χ2n) is 6.46. The number of hydrogen-bond donors (Lipinski definition) is 1. The van der Waals surface area contributed by atoms with Crippen molar-refractivity contribution in [3.63, 3.8) is 0 Å². The number of pyridine rings is 1. The minimum atomic E-state index is -0.339. The van der Waals surface area contributed by atoms with Crippen LogP contribution in [0.15, 0.2) is 91.3 Å². The van der Waals surface area contributed by atoms with Crippen LogP contribution in [0.2, 0.25) is 0 Å². The Morgan fingerprint density at radius 3 is 2.29 bits per heavy atom. The van der Waals surface area contributed by atoms with Crippen LogP contribution < -0.4 is 5.32 Å². The van der Waals surface area contributed by atoms with Crippen LogP contribution >= 0.6 is 0 Å². The summed E-state index contributed by atoms with van der Waals surface area (Å²) in [5.74, 6) is -0.181. The van der Waals surface area contributed by atoms with Crippen molar-refractivity contribution in [1.29, 1.82) is 0 Å². The lowest BCUT2D eigenvalue weighted by atomic mass is 10.0. The summed E-state index contributed by atoms with van der Waals surface area (Å²) >= 11 is 0. The number of hydrogen-bond acceptors (Lipinski definition) is 3. The molecule has 0 unspecified atom stereocenters. The lowest BCUT2D eigenvalue weighted by molar-refractivity contribution is 0.0941. The molecule has 4 aromatic rings. The van der Waals surface area contributed by atoms with E-state index in [0.29, 0.717) is 5.56 Å². The van der Waals surface area contributed by atoms with E-state index in [1.54, 1.807) is 17.1 Å². The monoisotopic (exact) mass is 368 g/mol. The van der Waals surface area contributed by atoms with E-state index in [4.69, 9.17) is 0 Å². The molecule has 0 bridgehead atoms. The number of carbonyl (C=O) groups excluding carboxylic acids is 1. The molecule has 0 aliphatic heterocycles. The fraction of sp³-hybridized carbons (Fsp3) is 0.0870. The first-order chi connectivity index (χ1) is 13.7. The topological polar surface area (TPSA) is 59.8 Å². The molecule has 0 aliphatic carbocycles. The molecule has 2 aromatic carbocycles. The van der Waals surface area contributed by atoms with E-state index in [2.05, 4.69) is 15.4 Å². The minimum absolute atomic E-state index is 0.181. The highest BCUT2D eigenvalue weighted by atomic mass is 16.1. The van der Waals surface area contributed by atoms with Crippen LogP contribution in [0.25, 0.3) is 5.69 Å². The van der Waals surface area contributed by atoms with Crippen molar-refractivity contribution in [3.8, 4) is 5.69 Å². The van der Waals surface area contributed by atoms with Gasteiger partial charge in [-0.2, -0.15) is 5.10 Å². The van der Waals surface area contributed by atoms with Crippen LogP contribution in [0, 0.1) is 6.92 Å². The van der Waals surface area contributed by atoms with E-state index in [9.17, 15) is 4.79 Å². The number of aromatic nitrogens is 3. The summed E-state index contributed by atoms with van der Waals surface area (Å²) in [5.41, 5.74) is 4.01. The van der Waals surface area contributed by atoms with Crippen LogP contribution in [-0.2, 0) is 0 Å². The van der Waals surface area contributed by atoms with Gasteiger partial charge in [0.1, 0.15) is 0 Å². The van der Waals surface area contributed by atoms with E-state index in [1.807, 2.05) is 85.8 Å². The number of carbonyl (C=O) groups is 1. The molecule has 0 saturated heterocycles. The summed E-state index contributed by atoms with van der Waals surface area (Å²) in [6.45, 7) is 1.90. The number of benzene rings is 2. The Morgan fingerprint density at radius 1 is 0.929 bits per heavy atom. The molecule has 0 spiro atoms. The summed E-state index contributed by atoms with van der Waals surface area (Å²) in [4.78, 5) is 17.5. The lowest BCUT2D eigenvalue weighted by Gasteiger charge is -2.19. The molecule has 0 aliphatic rings. The molecule has 5 heteroatoms. The van der Waals surface area contributed by atoms with E-state index < -0.39 is 0 Å². The van der Waals surface area contributed by atoms with Crippen molar-refractivity contribution < 1.29 is 4.79 Å². The normalized spacial score (nSPS) is 11.8. The quantitative estimate of drug-likeness (QED) is 0.577. The summed E-state index contributed by atoms with van der Waals surface area (Å²) in [6.07, 6.45) is 3.34. The van der Waals surface area contributed by atoms with Gasteiger partial charge in [0, 0.05) is 6.20 Å². The van der Waals surface area contributed by atoms with Crippen molar-refractivity contribution in [2.75, 3.05) is 0 Å². The molecule has 0 fully saturated rings. The summed E-state index contributed by atoms with van der Waals surface area (Å²) in [6, 6.07) is 25.0. The average Bonchev–Trinajstić information content (AvgIpc) is 3.15. The Balaban J connectivity index is 1.65. The SMILES string of the molecule is Cc1c(C(=O)N[C@@H](c2ccccc2)c2ccccn2)cnn1-c1ccccc1. The number of rotatable bonds is 5. The Bertz CT molecular complexity index is 1020. The maximum atomic E-state index is 13.1. The highest BCUT2D eigenvalue weighted by Crippen LogP contribution is 2.21. The van der Waals surface area contributed by atoms with Gasteiger partial charge < -0.3 is 5.32 Å². The van der Waals surface area contributed by atoms with Gasteiger partial charge >= 0.3 is 0 Å². The highest BCUT2D eigenvalue weighted by molar-refractivity contribution is 5.95. The minimum Gasteiger partial charge on any atom is -0.339 e. The predicted octanol–water partition coefficient (Wildman–Crippen LogP) is 4.10. The van der Waals surface area contributed by atoms with E-state index in [1.165, 1.54) is 0 Å². The number of para-hydroxylation sites is 1. The molecule has 5 nitrogen and oxygen atoms in total. The van der Waals surface area contributed by atoms with E-state index in [-0.39, 0.29) is 11.9 Å².